The van der Waals surface area contributed by atoms with Crippen LogP contribution in [-0.4, -0.2) is 42.3 Å². The van der Waals surface area contributed by atoms with Crippen LogP contribution in [0.4, 0.5) is 19.0 Å². The number of hydrogen-bond donors (Lipinski definition) is 1. The van der Waals surface area contributed by atoms with Gasteiger partial charge in [0.05, 0.1) is 17.2 Å². The third-order valence-corrected chi connectivity index (χ3v) is 6.67. The monoisotopic (exact) mass is 438 g/mol. The van der Waals surface area contributed by atoms with Gasteiger partial charge in [0.2, 0.25) is 0 Å². The van der Waals surface area contributed by atoms with E-state index in [4.69, 9.17) is 7.85 Å². The summed E-state index contributed by atoms with van der Waals surface area (Å²) in [6.45, 7) is 4.63. The van der Waals surface area contributed by atoms with Gasteiger partial charge in [0.15, 0.2) is 0 Å². The number of benzene rings is 1. The molecule has 5 atom stereocenters. The molecule has 164 valence electrons. The Labute approximate surface area is 186 Å². The highest BCUT2D eigenvalue weighted by molar-refractivity contribution is 6.36. The van der Waals surface area contributed by atoms with Crippen LogP contribution >= 0.6 is 0 Å². The third-order valence-electron chi connectivity index (χ3n) is 6.67. The molecule has 1 aromatic heterocycles. The molecule has 1 saturated carbocycles. The molecule has 4 rings (SSSR count). The number of likely N-dealkylation sites (tertiary alicyclic amines) is 1. The van der Waals surface area contributed by atoms with Gasteiger partial charge >= 0.3 is 6.18 Å². The Hall–Kier alpha value is -3.02. The van der Waals surface area contributed by atoms with Gasteiger partial charge in [0, 0.05) is 30.4 Å². The van der Waals surface area contributed by atoms with Gasteiger partial charge in [-0.25, -0.2) is 4.98 Å². The minimum Gasteiger partial charge on any atom is -0.368 e. The van der Waals surface area contributed by atoms with Crippen LogP contribution in [0, 0.1) is 29.1 Å². The van der Waals surface area contributed by atoms with Gasteiger partial charge in [0.1, 0.15) is 13.7 Å². The number of nitrogens with one attached hydrogen (secondary N) is 1. The van der Waals surface area contributed by atoms with E-state index in [2.05, 4.69) is 24.1 Å². The zero-order chi connectivity index (χ0) is 23.2. The van der Waals surface area contributed by atoms with E-state index in [1.165, 1.54) is 12.1 Å². The summed E-state index contributed by atoms with van der Waals surface area (Å²) in [6, 6.07) is 8.84. The maximum absolute atomic E-state index is 13.5. The number of anilines is 1. The molecule has 1 N–H and O–H groups in total. The Morgan fingerprint density at radius 1 is 1.31 bits per heavy atom. The number of fused-ring (bicyclic) bond motifs is 1. The van der Waals surface area contributed by atoms with Crippen LogP contribution in [-0.2, 0) is 6.18 Å². The zero-order valence-electron chi connectivity index (χ0n) is 17.7. The minimum atomic E-state index is -4.44. The number of carbonyl (C=O) groups excluding carboxylic acids is 1. The summed E-state index contributed by atoms with van der Waals surface area (Å²) in [7, 11) is 6.06. The lowest BCUT2D eigenvalue weighted by molar-refractivity contribution is -0.137. The summed E-state index contributed by atoms with van der Waals surface area (Å²) in [5.74, 6) is 1.26. The molecule has 2 aliphatic rings. The lowest BCUT2D eigenvalue weighted by Crippen LogP contribution is -2.51. The smallest absolute Gasteiger partial charge is 0.368 e. The highest BCUT2D eigenvalue weighted by Gasteiger charge is 2.59. The van der Waals surface area contributed by atoms with Gasteiger partial charge in [-0.05, 0) is 48.4 Å². The molecule has 1 aromatic carbocycles. The summed E-state index contributed by atoms with van der Waals surface area (Å²) >= 11 is 0. The van der Waals surface area contributed by atoms with Crippen molar-refractivity contribution in [2.24, 2.45) is 17.8 Å². The van der Waals surface area contributed by atoms with Gasteiger partial charge in [-0.15, -0.1) is 0 Å². The Morgan fingerprint density at radius 3 is 2.69 bits per heavy atom. The van der Waals surface area contributed by atoms with Gasteiger partial charge in [0.25, 0.3) is 5.91 Å². The van der Waals surface area contributed by atoms with E-state index in [0.717, 1.165) is 18.7 Å². The van der Waals surface area contributed by atoms with E-state index < -0.39 is 11.7 Å². The number of aromatic nitrogens is 1. The van der Waals surface area contributed by atoms with Crippen molar-refractivity contribution in [3.8, 4) is 6.07 Å². The van der Waals surface area contributed by atoms with E-state index in [1.54, 1.807) is 12.1 Å². The first kappa shape index (κ1) is 22.2. The first-order chi connectivity index (χ1) is 15.1. The third kappa shape index (κ3) is 4.06. The van der Waals surface area contributed by atoms with Crippen molar-refractivity contribution in [3.05, 3.63) is 53.2 Å². The molecule has 2 fully saturated rings. The van der Waals surface area contributed by atoms with Crippen LogP contribution in [0.15, 0.2) is 36.5 Å². The molecular formula is C23H22BF3N4O. The Morgan fingerprint density at radius 2 is 2.06 bits per heavy atom. The molecule has 0 spiro atoms. The Kier molecular flexibility index (Phi) is 5.66. The van der Waals surface area contributed by atoms with Crippen molar-refractivity contribution in [1.29, 1.82) is 5.26 Å². The number of halogens is 3. The normalized spacial score (nSPS) is 26.8. The van der Waals surface area contributed by atoms with Crippen molar-refractivity contribution in [2.75, 3.05) is 11.9 Å². The number of piperidine rings is 1. The number of hydrogen-bond acceptors (Lipinski definition) is 4. The quantitative estimate of drug-likeness (QED) is 0.744. The zero-order valence-corrected chi connectivity index (χ0v) is 17.7. The molecule has 1 aliphatic carbocycles. The lowest BCUT2D eigenvalue weighted by atomic mass is 9.86. The van der Waals surface area contributed by atoms with Crippen molar-refractivity contribution in [3.63, 3.8) is 0 Å². The van der Waals surface area contributed by atoms with Gasteiger partial charge < -0.3 is 10.2 Å². The lowest BCUT2D eigenvalue weighted by Gasteiger charge is -2.39. The van der Waals surface area contributed by atoms with Crippen molar-refractivity contribution in [2.45, 2.75) is 38.5 Å². The van der Waals surface area contributed by atoms with E-state index in [1.807, 2.05) is 11.0 Å². The van der Waals surface area contributed by atoms with E-state index >= 15 is 0 Å². The average molecular weight is 438 g/mol. The maximum atomic E-state index is 13.5. The van der Waals surface area contributed by atoms with Gasteiger partial charge in [-0.1, -0.05) is 25.4 Å². The second-order valence-electron chi connectivity index (χ2n) is 8.73. The molecule has 1 amide bonds. The van der Waals surface area contributed by atoms with Crippen molar-refractivity contribution >= 4 is 25.0 Å². The predicted octanol–water partition coefficient (Wildman–Crippen LogP) is 3.36. The molecule has 1 aliphatic heterocycles. The molecule has 5 nitrogen and oxygen atoms in total. The summed E-state index contributed by atoms with van der Waals surface area (Å²) in [5.41, 5.74) is 0.160. The highest BCUT2D eigenvalue weighted by atomic mass is 19.4. The van der Waals surface area contributed by atoms with E-state index in [9.17, 15) is 23.2 Å². The largest absolute Gasteiger partial charge is 0.417 e. The first-order valence-corrected chi connectivity index (χ1v) is 10.5. The Bertz CT molecular complexity index is 1070. The highest BCUT2D eigenvalue weighted by Crippen LogP contribution is 2.54. The number of amides is 1. The topological polar surface area (TPSA) is 69.0 Å². The molecular weight excluding hydrogens is 416 g/mol. The summed E-state index contributed by atoms with van der Waals surface area (Å²) < 4.78 is 38.3. The number of pyridine rings is 1. The fourth-order valence-electron chi connectivity index (χ4n) is 5.03. The summed E-state index contributed by atoms with van der Waals surface area (Å²) in [6.07, 6.45) is -2.90. The molecule has 9 heteroatoms. The number of carbonyl (C=O) groups is 1. The number of alkyl halides is 3. The van der Waals surface area contributed by atoms with Crippen LogP contribution in [0.1, 0.15) is 41.8 Å². The SMILES string of the molecule is [B]c1ccc(C#N)cc1C(=O)N1C(CNc2ccc(C(F)(F)F)cn2)CC(C)C2C(C)C21. The van der Waals surface area contributed by atoms with E-state index in [0.29, 0.717) is 46.7 Å². The van der Waals surface area contributed by atoms with Crippen molar-refractivity contribution in [1.82, 2.24) is 9.88 Å². The number of nitrogens with zero attached hydrogens (tertiary/aromatic N) is 3. The molecule has 1 saturated heterocycles. The average Bonchev–Trinajstić information content (AvgIpc) is 3.43. The van der Waals surface area contributed by atoms with Crippen molar-refractivity contribution < 1.29 is 18.0 Å². The number of nitriles is 1. The molecule has 2 heterocycles. The fourth-order valence-corrected chi connectivity index (χ4v) is 5.03. The van der Waals surface area contributed by atoms with Crippen LogP contribution < -0.4 is 10.8 Å². The molecule has 0 bridgehead atoms. The fraction of sp³-hybridized carbons (Fsp3) is 0.435. The summed E-state index contributed by atoms with van der Waals surface area (Å²) in [4.78, 5) is 19.2. The van der Waals surface area contributed by atoms with E-state index in [-0.39, 0.29) is 18.0 Å². The van der Waals surface area contributed by atoms with Crippen LogP contribution in [0.2, 0.25) is 0 Å². The minimum absolute atomic E-state index is 0.0729. The predicted molar refractivity (Wildman–Crippen MR) is 114 cm³/mol. The van der Waals surface area contributed by atoms with Crippen LogP contribution in [0.3, 0.4) is 0 Å². The Balaban J connectivity index is 1.56. The van der Waals surface area contributed by atoms with Crippen LogP contribution in [0.25, 0.3) is 0 Å². The standard InChI is InChI=1S/C23H22BF3N4O/c1-12-7-16(11-30-19-6-4-15(10-29-19)23(25,26)27)31(21-13(2)20(12)21)22(32)17-8-14(9-28)3-5-18(17)24/h3-6,8,10,12-13,16,20-21H,7,11H2,1-2H3,(H,29,30). The van der Waals surface area contributed by atoms with Gasteiger partial charge in [-0.3, -0.25) is 4.79 Å². The summed E-state index contributed by atoms with van der Waals surface area (Å²) in [5, 5.41) is 12.3. The maximum Gasteiger partial charge on any atom is 0.417 e. The molecule has 2 radical (unpaired) electrons. The molecule has 2 aromatic rings. The first-order valence-electron chi connectivity index (χ1n) is 10.5. The van der Waals surface area contributed by atoms with Crippen LogP contribution in [0.5, 0.6) is 0 Å². The van der Waals surface area contributed by atoms with Gasteiger partial charge in [-0.2, -0.15) is 18.4 Å². The molecule has 5 unspecified atom stereocenters. The second kappa shape index (κ2) is 8.16. The second-order valence-corrected chi connectivity index (χ2v) is 8.73. The molecule has 32 heavy (non-hydrogen) atoms. The number of rotatable bonds is 4.